The molecule has 0 aromatic carbocycles. The molecule has 0 aromatic rings. The number of alkyl halides is 2. The maximum absolute atomic E-state index is 12.7. The third-order valence-electron chi connectivity index (χ3n) is 2.41. The third kappa shape index (κ3) is 3.19. The summed E-state index contributed by atoms with van der Waals surface area (Å²) in [5.74, 6) is 0. The van der Waals surface area contributed by atoms with E-state index in [1.165, 1.54) is 14.0 Å². The van der Waals surface area contributed by atoms with Gasteiger partial charge in [0.05, 0.1) is 6.10 Å². The predicted octanol–water partition coefficient (Wildman–Crippen LogP) is 2.04. The van der Waals surface area contributed by atoms with Crippen LogP contribution in [0.3, 0.4) is 0 Å². The first-order valence-electron chi connectivity index (χ1n) is 4.55. The number of methoxy groups -OCH3 is 1. The maximum atomic E-state index is 12.7. The molecule has 1 N–H and O–H groups in total. The summed E-state index contributed by atoms with van der Waals surface area (Å²) in [4.78, 5) is 0. The van der Waals surface area contributed by atoms with Crippen molar-refractivity contribution in [1.82, 2.24) is 5.32 Å². The Morgan fingerprint density at radius 2 is 2.00 bits per heavy atom. The molecule has 0 aliphatic rings. The van der Waals surface area contributed by atoms with Crippen molar-refractivity contribution < 1.29 is 13.5 Å². The maximum Gasteiger partial charge on any atom is 0.258 e. The molecule has 0 amide bonds. The highest BCUT2D eigenvalue weighted by atomic mass is 19.3. The van der Waals surface area contributed by atoms with Gasteiger partial charge in [0.2, 0.25) is 0 Å². The van der Waals surface area contributed by atoms with Crippen molar-refractivity contribution >= 4 is 0 Å². The normalized spacial score (nSPS) is 18.7. The van der Waals surface area contributed by atoms with Crippen LogP contribution in [0.15, 0.2) is 0 Å². The standard InChI is InChI=1S/C9H19F2NO/c1-5-6-12-9(3,8(10)11)7(2)13-4/h7-8,12H,5-6H2,1-4H3. The molecular formula is C9H19F2NO. The third-order valence-corrected chi connectivity index (χ3v) is 2.41. The first-order chi connectivity index (χ1) is 5.99. The van der Waals surface area contributed by atoms with E-state index in [1.54, 1.807) is 6.92 Å². The van der Waals surface area contributed by atoms with Crippen molar-refractivity contribution in [1.29, 1.82) is 0 Å². The number of nitrogens with one attached hydrogen (secondary N) is 1. The van der Waals surface area contributed by atoms with E-state index in [9.17, 15) is 8.78 Å². The Hall–Kier alpha value is -0.220. The van der Waals surface area contributed by atoms with Crippen LogP contribution in [0.25, 0.3) is 0 Å². The zero-order valence-corrected chi connectivity index (χ0v) is 8.73. The Labute approximate surface area is 78.7 Å². The Morgan fingerprint density at radius 3 is 2.31 bits per heavy atom. The van der Waals surface area contributed by atoms with Crippen LogP contribution in [0.1, 0.15) is 27.2 Å². The van der Waals surface area contributed by atoms with Crippen LogP contribution in [0.4, 0.5) is 8.78 Å². The number of hydrogen-bond donors (Lipinski definition) is 1. The quantitative estimate of drug-likeness (QED) is 0.700. The summed E-state index contributed by atoms with van der Waals surface area (Å²) >= 11 is 0. The van der Waals surface area contributed by atoms with Gasteiger partial charge in [0.1, 0.15) is 5.54 Å². The van der Waals surface area contributed by atoms with E-state index >= 15 is 0 Å². The van der Waals surface area contributed by atoms with Gasteiger partial charge in [-0.2, -0.15) is 0 Å². The summed E-state index contributed by atoms with van der Waals surface area (Å²) in [6.45, 7) is 5.65. The molecule has 2 unspecified atom stereocenters. The lowest BCUT2D eigenvalue weighted by Crippen LogP contribution is -2.57. The molecule has 0 spiro atoms. The van der Waals surface area contributed by atoms with Crippen LogP contribution in [-0.4, -0.2) is 31.7 Å². The van der Waals surface area contributed by atoms with E-state index in [0.29, 0.717) is 6.54 Å². The van der Waals surface area contributed by atoms with Gasteiger partial charge in [-0.3, -0.25) is 0 Å². The minimum atomic E-state index is -2.42. The highest BCUT2D eigenvalue weighted by molar-refractivity contribution is 4.91. The lowest BCUT2D eigenvalue weighted by atomic mass is 9.96. The monoisotopic (exact) mass is 195 g/mol. The lowest BCUT2D eigenvalue weighted by Gasteiger charge is -2.34. The molecule has 80 valence electrons. The molecule has 0 rings (SSSR count). The van der Waals surface area contributed by atoms with Gasteiger partial charge in [-0.05, 0) is 26.8 Å². The van der Waals surface area contributed by atoms with E-state index in [-0.39, 0.29) is 0 Å². The average Bonchev–Trinajstić information content (AvgIpc) is 2.12. The molecule has 13 heavy (non-hydrogen) atoms. The minimum Gasteiger partial charge on any atom is -0.380 e. The van der Waals surface area contributed by atoms with Gasteiger partial charge in [-0.15, -0.1) is 0 Å². The molecule has 0 saturated heterocycles. The number of halogens is 2. The average molecular weight is 195 g/mol. The highest BCUT2D eigenvalue weighted by Crippen LogP contribution is 2.21. The molecular weight excluding hydrogens is 176 g/mol. The van der Waals surface area contributed by atoms with Crippen molar-refractivity contribution in [3.05, 3.63) is 0 Å². The summed E-state index contributed by atoms with van der Waals surface area (Å²) in [5.41, 5.74) is -1.25. The SMILES string of the molecule is CCCNC(C)(C(F)F)C(C)OC. The zero-order chi connectivity index (χ0) is 10.5. The largest absolute Gasteiger partial charge is 0.380 e. The number of hydrogen-bond acceptors (Lipinski definition) is 2. The van der Waals surface area contributed by atoms with Crippen molar-refractivity contribution in [3.63, 3.8) is 0 Å². The predicted molar refractivity (Wildman–Crippen MR) is 49.2 cm³/mol. The molecule has 0 aromatic heterocycles. The summed E-state index contributed by atoms with van der Waals surface area (Å²) in [7, 11) is 1.44. The van der Waals surface area contributed by atoms with E-state index < -0.39 is 18.1 Å². The minimum absolute atomic E-state index is 0.501. The van der Waals surface area contributed by atoms with Gasteiger partial charge in [0.25, 0.3) is 6.43 Å². The Balaban J connectivity index is 4.33. The molecule has 0 aliphatic carbocycles. The fourth-order valence-electron chi connectivity index (χ4n) is 1.04. The summed E-state index contributed by atoms with van der Waals surface area (Å²) in [5, 5.41) is 2.82. The molecule has 0 aliphatic heterocycles. The fraction of sp³-hybridized carbons (Fsp3) is 1.00. The van der Waals surface area contributed by atoms with Crippen molar-refractivity contribution in [3.8, 4) is 0 Å². The van der Waals surface area contributed by atoms with Crippen LogP contribution in [-0.2, 0) is 4.74 Å². The van der Waals surface area contributed by atoms with Crippen molar-refractivity contribution in [2.24, 2.45) is 0 Å². The molecule has 4 heteroatoms. The van der Waals surface area contributed by atoms with E-state index in [0.717, 1.165) is 6.42 Å². The lowest BCUT2D eigenvalue weighted by molar-refractivity contribution is -0.0523. The van der Waals surface area contributed by atoms with E-state index in [4.69, 9.17) is 4.74 Å². The van der Waals surface area contributed by atoms with Gasteiger partial charge in [0.15, 0.2) is 0 Å². The second-order valence-electron chi connectivity index (χ2n) is 3.39. The van der Waals surface area contributed by atoms with Crippen LogP contribution in [0.5, 0.6) is 0 Å². The molecule has 0 radical (unpaired) electrons. The van der Waals surface area contributed by atoms with E-state index in [2.05, 4.69) is 5.32 Å². The van der Waals surface area contributed by atoms with Gasteiger partial charge in [-0.1, -0.05) is 6.92 Å². The Kier molecular flexibility index (Phi) is 5.40. The highest BCUT2D eigenvalue weighted by Gasteiger charge is 2.39. The zero-order valence-electron chi connectivity index (χ0n) is 8.73. The number of ether oxygens (including phenoxy) is 1. The van der Waals surface area contributed by atoms with E-state index in [1.807, 2.05) is 6.92 Å². The van der Waals surface area contributed by atoms with Crippen LogP contribution < -0.4 is 5.32 Å². The Bertz CT molecular complexity index is 144. The van der Waals surface area contributed by atoms with Crippen LogP contribution in [0.2, 0.25) is 0 Å². The van der Waals surface area contributed by atoms with Crippen molar-refractivity contribution in [2.75, 3.05) is 13.7 Å². The van der Waals surface area contributed by atoms with Gasteiger partial charge >= 0.3 is 0 Å². The van der Waals surface area contributed by atoms with Crippen molar-refractivity contribution in [2.45, 2.75) is 45.3 Å². The first kappa shape index (κ1) is 12.8. The van der Waals surface area contributed by atoms with Gasteiger partial charge < -0.3 is 10.1 Å². The molecule has 2 nitrogen and oxygen atoms in total. The van der Waals surface area contributed by atoms with Gasteiger partial charge in [-0.25, -0.2) is 8.78 Å². The summed E-state index contributed by atoms with van der Waals surface area (Å²) < 4.78 is 30.3. The summed E-state index contributed by atoms with van der Waals surface area (Å²) in [6.07, 6.45) is -2.09. The molecule has 0 fully saturated rings. The molecule has 0 heterocycles. The Morgan fingerprint density at radius 1 is 1.46 bits per heavy atom. The molecule has 0 bridgehead atoms. The smallest absolute Gasteiger partial charge is 0.258 e. The topological polar surface area (TPSA) is 21.3 Å². The fourth-order valence-corrected chi connectivity index (χ4v) is 1.04. The summed E-state index contributed by atoms with van der Waals surface area (Å²) in [6, 6.07) is 0. The molecule has 2 atom stereocenters. The second-order valence-corrected chi connectivity index (χ2v) is 3.39. The molecule has 0 saturated carbocycles. The number of rotatable bonds is 6. The van der Waals surface area contributed by atoms with Crippen LogP contribution in [0, 0.1) is 0 Å². The van der Waals surface area contributed by atoms with Gasteiger partial charge in [0, 0.05) is 7.11 Å². The second kappa shape index (κ2) is 5.50. The first-order valence-corrected chi connectivity index (χ1v) is 4.55. The van der Waals surface area contributed by atoms with Crippen LogP contribution >= 0.6 is 0 Å².